The number of hydrogen-bond donors (Lipinski definition) is 2. The summed E-state index contributed by atoms with van der Waals surface area (Å²) in [7, 11) is 0. The van der Waals surface area contributed by atoms with E-state index < -0.39 is 17.4 Å². The van der Waals surface area contributed by atoms with Gasteiger partial charge in [0.25, 0.3) is 0 Å². The van der Waals surface area contributed by atoms with Gasteiger partial charge >= 0.3 is 12.0 Å². The zero-order valence-corrected chi connectivity index (χ0v) is 12.3. The normalized spacial score (nSPS) is 25.8. The molecule has 2 N–H and O–H groups in total. The van der Waals surface area contributed by atoms with Crippen LogP contribution in [0.2, 0.25) is 0 Å². The highest BCUT2D eigenvalue weighted by Gasteiger charge is 2.35. The number of urea groups is 1. The van der Waals surface area contributed by atoms with Crippen LogP contribution in [0.25, 0.3) is 0 Å². The molecule has 1 rings (SSSR count). The fourth-order valence-corrected chi connectivity index (χ4v) is 2.21. The van der Waals surface area contributed by atoms with E-state index in [1.54, 1.807) is 25.7 Å². The molecule has 6 nitrogen and oxygen atoms in total. The van der Waals surface area contributed by atoms with Crippen molar-refractivity contribution < 1.29 is 19.4 Å². The highest BCUT2D eigenvalue weighted by Crippen LogP contribution is 2.20. The summed E-state index contributed by atoms with van der Waals surface area (Å²) < 4.78 is 5.55. The number of aliphatic carboxylic acids is 1. The van der Waals surface area contributed by atoms with Crippen molar-refractivity contribution in [2.45, 2.75) is 52.9 Å². The van der Waals surface area contributed by atoms with Crippen LogP contribution in [0, 0.1) is 5.41 Å². The first-order chi connectivity index (χ1) is 8.61. The number of amides is 2. The third-order valence-electron chi connectivity index (χ3n) is 3.09. The third kappa shape index (κ3) is 4.38. The molecule has 1 aliphatic rings. The van der Waals surface area contributed by atoms with Crippen LogP contribution in [0.1, 0.15) is 34.6 Å². The standard InChI is InChI=1S/C13H24N2O4/c1-8-6-15(7-9(2)19-8)12(18)14-10(11(16)17)13(3,4)5/h8-10H,6-7H2,1-5H3,(H,14,18)(H,16,17)/t8-,9+,10-/m0/s1. The Labute approximate surface area is 114 Å². The van der Waals surface area contributed by atoms with Gasteiger partial charge in [0, 0.05) is 13.1 Å². The lowest BCUT2D eigenvalue weighted by molar-refractivity contribution is -0.142. The van der Waals surface area contributed by atoms with Gasteiger partial charge in [-0.3, -0.25) is 0 Å². The van der Waals surface area contributed by atoms with Crippen LogP contribution in [-0.2, 0) is 9.53 Å². The minimum atomic E-state index is -1.02. The van der Waals surface area contributed by atoms with Crippen LogP contribution in [0.5, 0.6) is 0 Å². The molecule has 0 aromatic carbocycles. The highest BCUT2D eigenvalue weighted by atomic mass is 16.5. The van der Waals surface area contributed by atoms with E-state index in [0.29, 0.717) is 13.1 Å². The van der Waals surface area contributed by atoms with Crippen LogP contribution in [0.15, 0.2) is 0 Å². The Bertz CT molecular complexity index is 341. The van der Waals surface area contributed by atoms with Crippen molar-refractivity contribution in [2.24, 2.45) is 5.41 Å². The number of nitrogens with one attached hydrogen (secondary N) is 1. The molecule has 110 valence electrons. The highest BCUT2D eigenvalue weighted by molar-refractivity contribution is 5.83. The maximum atomic E-state index is 12.1. The summed E-state index contributed by atoms with van der Waals surface area (Å²) in [4.78, 5) is 25.0. The lowest BCUT2D eigenvalue weighted by Crippen LogP contribution is -2.57. The van der Waals surface area contributed by atoms with Gasteiger partial charge in [-0.15, -0.1) is 0 Å². The maximum Gasteiger partial charge on any atom is 0.326 e. The molecule has 1 heterocycles. The van der Waals surface area contributed by atoms with Gasteiger partial charge in [-0.2, -0.15) is 0 Å². The average Bonchev–Trinajstić information content (AvgIpc) is 2.21. The number of carbonyl (C=O) groups is 2. The zero-order valence-electron chi connectivity index (χ0n) is 12.3. The van der Waals surface area contributed by atoms with Crippen molar-refractivity contribution in [2.75, 3.05) is 13.1 Å². The number of nitrogens with zero attached hydrogens (tertiary/aromatic N) is 1. The van der Waals surface area contributed by atoms with Gasteiger partial charge in [-0.25, -0.2) is 9.59 Å². The monoisotopic (exact) mass is 272 g/mol. The van der Waals surface area contributed by atoms with Gasteiger partial charge < -0.3 is 20.1 Å². The molecule has 0 saturated carbocycles. The van der Waals surface area contributed by atoms with Crippen molar-refractivity contribution >= 4 is 12.0 Å². The fraction of sp³-hybridized carbons (Fsp3) is 0.846. The molecule has 0 bridgehead atoms. The Balaban J connectivity index is 2.69. The Morgan fingerprint density at radius 1 is 1.26 bits per heavy atom. The SMILES string of the molecule is C[C@@H]1CN(C(=O)N[C@@H](C(=O)O)C(C)(C)C)C[C@H](C)O1. The molecule has 0 unspecified atom stereocenters. The van der Waals surface area contributed by atoms with E-state index in [1.807, 2.05) is 13.8 Å². The number of carboxylic acid groups (broad SMARTS) is 1. The molecule has 1 aliphatic heterocycles. The minimum Gasteiger partial charge on any atom is -0.480 e. The first-order valence-corrected chi connectivity index (χ1v) is 6.55. The number of rotatable bonds is 2. The van der Waals surface area contributed by atoms with Crippen molar-refractivity contribution in [3.8, 4) is 0 Å². The Morgan fingerprint density at radius 2 is 1.74 bits per heavy atom. The van der Waals surface area contributed by atoms with Gasteiger partial charge in [0.2, 0.25) is 0 Å². The molecule has 6 heteroatoms. The van der Waals surface area contributed by atoms with E-state index in [1.165, 1.54) is 0 Å². The molecule has 0 aromatic rings. The quantitative estimate of drug-likeness (QED) is 0.794. The smallest absolute Gasteiger partial charge is 0.326 e. The molecular weight excluding hydrogens is 248 g/mol. The van der Waals surface area contributed by atoms with Gasteiger partial charge in [0.05, 0.1) is 12.2 Å². The minimum absolute atomic E-state index is 0.0348. The van der Waals surface area contributed by atoms with E-state index in [0.717, 1.165) is 0 Å². The number of hydrogen-bond acceptors (Lipinski definition) is 3. The van der Waals surface area contributed by atoms with Crippen molar-refractivity contribution in [1.82, 2.24) is 10.2 Å². The van der Waals surface area contributed by atoms with Crippen molar-refractivity contribution in [1.29, 1.82) is 0 Å². The summed E-state index contributed by atoms with van der Waals surface area (Å²) in [6.45, 7) is 10.1. The van der Waals surface area contributed by atoms with Gasteiger partial charge in [0.15, 0.2) is 0 Å². The predicted molar refractivity (Wildman–Crippen MR) is 71.0 cm³/mol. The number of ether oxygens (including phenoxy) is 1. The summed E-state index contributed by atoms with van der Waals surface area (Å²) in [5.74, 6) is -1.02. The molecule has 2 amide bonds. The molecule has 1 saturated heterocycles. The zero-order chi connectivity index (χ0) is 14.8. The van der Waals surface area contributed by atoms with Crippen LogP contribution >= 0.6 is 0 Å². The van der Waals surface area contributed by atoms with Crippen molar-refractivity contribution in [3.63, 3.8) is 0 Å². The van der Waals surface area contributed by atoms with E-state index in [9.17, 15) is 14.7 Å². The van der Waals surface area contributed by atoms with E-state index in [2.05, 4.69) is 5.32 Å². The summed E-state index contributed by atoms with van der Waals surface area (Å²) in [5, 5.41) is 11.8. The second-order valence-corrected chi connectivity index (χ2v) is 6.25. The second-order valence-electron chi connectivity index (χ2n) is 6.25. The Kier molecular flexibility index (Phi) is 4.79. The van der Waals surface area contributed by atoms with E-state index in [4.69, 9.17) is 4.74 Å². The molecule has 0 aromatic heterocycles. The predicted octanol–water partition coefficient (Wildman–Crippen LogP) is 1.30. The summed E-state index contributed by atoms with van der Waals surface area (Å²) in [5.41, 5.74) is -0.537. The third-order valence-corrected chi connectivity index (χ3v) is 3.09. The van der Waals surface area contributed by atoms with Gasteiger partial charge in [0.1, 0.15) is 6.04 Å². The summed E-state index contributed by atoms with van der Waals surface area (Å²) in [6, 6.07) is -1.25. The lowest BCUT2D eigenvalue weighted by Gasteiger charge is -2.37. The second kappa shape index (κ2) is 5.77. The van der Waals surface area contributed by atoms with Crippen LogP contribution < -0.4 is 5.32 Å². The summed E-state index contributed by atoms with van der Waals surface area (Å²) in [6.07, 6.45) is -0.0696. The number of carbonyl (C=O) groups excluding carboxylic acids is 1. The van der Waals surface area contributed by atoms with Crippen molar-refractivity contribution in [3.05, 3.63) is 0 Å². The molecule has 1 fully saturated rings. The fourth-order valence-electron chi connectivity index (χ4n) is 2.21. The number of carboxylic acids is 1. The first kappa shape index (κ1) is 15.8. The van der Waals surface area contributed by atoms with Crippen LogP contribution in [0.3, 0.4) is 0 Å². The molecule has 0 radical (unpaired) electrons. The van der Waals surface area contributed by atoms with Gasteiger partial charge in [-0.05, 0) is 19.3 Å². The molecular formula is C13H24N2O4. The Hall–Kier alpha value is -1.30. The average molecular weight is 272 g/mol. The lowest BCUT2D eigenvalue weighted by atomic mass is 9.87. The Morgan fingerprint density at radius 3 is 2.11 bits per heavy atom. The number of morpholine rings is 1. The molecule has 0 spiro atoms. The maximum absolute atomic E-state index is 12.1. The summed E-state index contributed by atoms with van der Waals surface area (Å²) >= 11 is 0. The van der Waals surface area contributed by atoms with Gasteiger partial charge in [-0.1, -0.05) is 20.8 Å². The van der Waals surface area contributed by atoms with Crippen LogP contribution in [-0.4, -0.2) is 53.3 Å². The molecule has 3 atom stereocenters. The van der Waals surface area contributed by atoms with Crippen LogP contribution in [0.4, 0.5) is 4.79 Å². The molecule has 19 heavy (non-hydrogen) atoms. The molecule has 0 aliphatic carbocycles. The topological polar surface area (TPSA) is 78.9 Å². The van der Waals surface area contributed by atoms with E-state index in [-0.39, 0.29) is 18.2 Å². The van der Waals surface area contributed by atoms with E-state index >= 15 is 0 Å². The largest absolute Gasteiger partial charge is 0.480 e. The first-order valence-electron chi connectivity index (χ1n) is 6.55.